The van der Waals surface area contributed by atoms with Gasteiger partial charge in [-0.1, -0.05) is 35.5 Å². The zero-order chi connectivity index (χ0) is 12.1. The first-order chi connectivity index (χ1) is 8.29. The number of halogens is 1. The Balaban J connectivity index is 2.17. The summed E-state index contributed by atoms with van der Waals surface area (Å²) in [5, 5.41) is 1.79. The van der Waals surface area contributed by atoms with Crippen molar-refractivity contribution in [1.29, 1.82) is 0 Å². The van der Waals surface area contributed by atoms with E-state index in [1.807, 2.05) is 30.3 Å². The first-order valence-corrected chi connectivity index (χ1v) is 6.43. The van der Waals surface area contributed by atoms with Crippen molar-refractivity contribution in [3.8, 4) is 0 Å². The van der Waals surface area contributed by atoms with Crippen LogP contribution in [0.5, 0.6) is 0 Å². The van der Waals surface area contributed by atoms with Crippen LogP contribution in [0.15, 0.2) is 47.9 Å². The van der Waals surface area contributed by atoms with Gasteiger partial charge in [0, 0.05) is 23.0 Å². The van der Waals surface area contributed by atoms with Gasteiger partial charge in [0.15, 0.2) is 0 Å². The van der Waals surface area contributed by atoms with Crippen LogP contribution < -0.4 is 5.73 Å². The summed E-state index contributed by atoms with van der Waals surface area (Å²) in [4.78, 5) is 8.07. The number of rotatable bonds is 4. The molecule has 0 amide bonds. The third-order valence-corrected chi connectivity index (χ3v) is 3.72. The molecule has 0 spiro atoms. The zero-order valence-electron chi connectivity index (χ0n) is 9.08. The van der Waals surface area contributed by atoms with Crippen LogP contribution in [-0.4, -0.2) is 16.5 Å². The Labute approximate surface area is 109 Å². The maximum Gasteiger partial charge on any atom is 0.116 e. The van der Waals surface area contributed by atoms with Crippen molar-refractivity contribution in [3.63, 3.8) is 0 Å². The fourth-order valence-corrected chi connectivity index (χ4v) is 2.57. The molecule has 2 N–H and O–H groups in total. The SMILES string of the molecule is NCC(Sc1ccncn1)c1cccc(Cl)c1. The number of benzene rings is 1. The number of hydrogen-bond acceptors (Lipinski definition) is 4. The Bertz CT molecular complexity index is 478. The van der Waals surface area contributed by atoms with Crippen molar-refractivity contribution < 1.29 is 0 Å². The number of nitrogens with zero attached hydrogens (tertiary/aromatic N) is 2. The largest absolute Gasteiger partial charge is 0.329 e. The Morgan fingerprint density at radius 3 is 2.88 bits per heavy atom. The molecule has 0 bridgehead atoms. The Kier molecular flexibility index (Phi) is 4.36. The van der Waals surface area contributed by atoms with E-state index in [2.05, 4.69) is 9.97 Å². The van der Waals surface area contributed by atoms with Gasteiger partial charge in [-0.2, -0.15) is 0 Å². The molecule has 1 aromatic heterocycles. The molecular formula is C12H12ClN3S. The summed E-state index contributed by atoms with van der Waals surface area (Å²) in [5.41, 5.74) is 6.91. The van der Waals surface area contributed by atoms with E-state index in [0.717, 1.165) is 15.6 Å². The van der Waals surface area contributed by atoms with Crippen LogP contribution in [0.4, 0.5) is 0 Å². The first kappa shape index (κ1) is 12.4. The summed E-state index contributed by atoms with van der Waals surface area (Å²) in [6.45, 7) is 0.537. The van der Waals surface area contributed by atoms with Gasteiger partial charge in [0.05, 0.1) is 5.03 Å². The maximum absolute atomic E-state index is 5.97. The Morgan fingerprint density at radius 2 is 2.24 bits per heavy atom. The van der Waals surface area contributed by atoms with Crippen molar-refractivity contribution in [2.24, 2.45) is 5.73 Å². The summed E-state index contributed by atoms with van der Waals surface area (Å²) in [7, 11) is 0. The average molecular weight is 266 g/mol. The molecule has 3 nitrogen and oxygen atoms in total. The van der Waals surface area contributed by atoms with E-state index in [4.69, 9.17) is 17.3 Å². The third-order valence-electron chi connectivity index (χ3n) is 2.25. The van der Waals surface area contributed by atoms with E-state index in [-0.39, 0.29) is 5.25 Å². The predicted molar refractivity (Wildman–Crippen MR) is 71.1 cm³/mol. The first-order valence-electron chi connectivity index (χ1n) is 5.18. The number of hydrogen-bond donors (Lipinski definition) is 1. The molecule has 0 aliphatic heterocycles. The van der Waals surface area contributed by atoms with Crippen LogP contribution in [0.2, 0.25) is 5.02 Å². The van der Waals surface area contributed by atoms with Gasteiger partial charge in [0.2, 0.25) is 0 Å². The third kappa shape index (κ3) is 3.43. The molecule has 0 fully saturated rings. The van der Waals surface area contributed by atoms with Crippen molar-refractivity contribution in [3.05, 3.63) is 53.4 Å². The van der Waals surface area contributed by atoms with Gasteiger partial charge < -0.3 is 5.73 Å². The Hall–Kier alpha value is -1.10. The van der Waals surface area contributed by atoms with Crippen LogP contribution in [0.3, 0.4) is 0 Å². The Morgan fingerprint density at radius 1 is 1.35 bits per heavy atom. The van der Waals surface area contributed by atoms with Crippen LogP contribution >= 0.6 is 23.4 Å². The van der Waals surface area contributed by atoms with Crippen molar-refractivity contribution in [2.75, 3.05) is 6.54 Å². The van der Waals surface area contributed by atoms with Gasteiger partial charge in [-0.05, 0) is 23.8 Å². The van der Waals surface area contributed by atoms with Gasteiger partial charge in [0.1, 0.15) is 6.33 Å². The second-order valence-electron chi connectivity index (χ2n) is 3.44. The molecule has 0 aliphatic rings. The average Bonchev–Trinajstić information content (AvgIpc) is 2.37. The predicted octanol–water partition coefficient (Wildman–Crippen LogP) is 2.92. The zero-order valence-corrected chi connectivity index (χ0v) is 10.7. The molecule has 5 heteroatoms. The van der Waals surface area contributed by atoms with Crippen molar-refractivity contribution in [2.45, 2.75) is 10.3 Å². The van der Waals surface area contributed by atoms with E-state index in [9.17, 15) is 0 Å². The quantitative estimate of drug-likeness (QED) is 0.682. The highest BCUT2D eigenvalue weighted by Gasteiger charge is 2.12. The van der Waals surface area contributed by atoms with Gasteiger partial charge >= 0.3 is 0 Å². The van der Waals surface area contributed by atoms with Crippen molar-refractivity contribution >= 4 is 23.4 Å². The number of nitrogens with two attached hydrogens (primary N) is 1. The normalized spacial score (nSPS) is 12.4. The number of aromatic nitrogens is 2. The topological polar surface area (TPSA) is 51.8 Å². The van der Waals surface area contributed by atoms with Crippen LogP contribution in [0, 0.1) is 0 Å². The maximum atomic E-state index is 5.97. The lowest BCUT2D eigenvalue weighted by molar-refractivity contribution is 0.931. The summed E-state index contributed by atoms with van der Waals surface area (Å²) >= 11 is 7.59. The molecule has 1 atom stereocenters. The van der Waals surface area contributed by atoms with Crippen LogP contribution in [0.1, 0.15) is 10.8 Å². The lowest BCUT2D eigenvalue weighted by Gasteiger charge is -2.14. The van der Waals surface area contributed by atoms with Gasteiger partial charge in [0.25, 0.3) is 0 Å². The molecule has 0 saturated heterocycles. The monoisotopic (exact) mass is 265 g/mol. The van der Waals surface area contributed by atoms with E-state index in [1.54, 1.807) is 18.0 Å². The minimum Gasteiger partial charge on any atom is -0.329 e. The highest BCUT2D eigenvalue weighted by atomic mass is 35.5. The van der Waals surface area contributed by atoms with Crippen LogP contribution in [-0.2, 0) is 0 Å². The van der Waals surface area contributed by atoms with E-state index in [0.29, 0.717) is 6.54 Å². The number of thioether (sulfide) groups is 1. The summed E-state index contributed by atoms with van der Waals surface area (Å²) in [6.07, 6.45) is 3.26. The molecule has 1 aromatic carbocycles. The minimum absolute atomic E-state index is 0.156. The molecule has 1 unspecified atom stereocenters. The standard InChI is InChI=1S/C12H12ClN3S/c13-10-3-1-2-9(6-10)11(7-14)17-12-4-5-15-8-16-12/h1-6,8,11H,7,14H2. The van der Waals surface area contributed by atoms with E-state index in [1.165, 1.54) is 6.33 Å². The smallest absolute Gasteiger partial charge is 0.116 e. The lowest BCUT2D eigenvalue weighted by atomic mass is 10.1. The van der Waals surface area contributed by atoms with E-state index >= 15 is 0 Å². The van der Waals surface area contributed by atoms with Gasteiger partial charge in [-0.15, -0.1) is 0 Å². The molecule has 1 heterocycles. The molecule has 2 rings (SSSR count). The molecule has 88 valence electrons. The summed E-state index contributed by atoms with van der Waals surface area (Å²) in [6, 6.07) is 9.62. The summed E-state index contributed by atoms with van der Waals surface area (Å²) < 4.78 is 0. The van der Waals surface area contributed by atoms with Gasteiger partial charge in [-0.25, -0.2) is 9.97 Å². The molecule has 0 radical (unpaired) electrons. The highest BCUT2D eigenvalue weighted by Crippen LogP contribution is 2.33. The second kappa shape index (κ2) is 6.00. The highest BCUT2D eigenvalue weighted by molar-refractivity contribution is 7.99. The molecule has 17 heavy (non-hydrogen) atoms. The summed E-state index contributed by atoms with van der Waals surface area (Å²) in [5.74, 6) is 0. The minimum atomic E-state index is 0.156. The molecule has 0 aliphatic carbocycles. The lowest BCUT2D eigenvalue weighted by Crippen LogP contribution is -2.09. The second-order valence-corrected chi connectivity index (χ2v) is 5.10. The molecular weight excluding hydrogens is 254 g/mol. The van der Waals surface area contributed by atoms with Crippen LogP contribution in [0.25, 0.3) is 0 Å². The van der Waals surface area contributed by atoms with Crippen molar-refractivity contribution in [1.82, 2.24) is 9.97 Å². The van der Waals surface area contributed by atoms with Gasteiger partial charge in [-0.3, -0.25) is 0 Å². The fraction of sp³-hybridized carbons (Fsp3) is 0.167. The molecule has 2 aromatic rings. The van der Waals surface area contributed by atoms with E-state index < -0.39 is 0 Å². The fourth-order valence-electron chi connectivity index (χ4n) is 1.45. The molecule has 0 saturated carbocycles.